The van der Waals surface area contributed by atoms with Crippen molar-refractivity contribution < 1.29 is 14.5 Å². The van der Waals surface area contributed by atoms with Crippen LogP contribution in [0.5, 0.6) is 0 Å². The molecule has 0 amide bonds. The predicted octanol–water partition coefficient (Wildman–Crippen LogP) is 2.54. The summed E-state index contributed by atoms with van der Waals surface area (Å²) in [5.41, 5.74) is 0.413. The fourth-order valence-corrected chi connectivity index (χ4v) is 3.84. The molecule has 0 N–H and O–H groups in total. The van der Waals surface area contributed by atoms with E-state index in [4.69, 9.17) is 4.74 Å². The number of hydrogen-bond donors (Lipinski definition) is 0. The van der Waals surface area contributed by atoms with E-state index in [1.54, 1.807) is 0 Å². The van der Waals surface area contributed by atoms with Gasteiger partial charge in [0.2, 0.25) is 0 Å². The van der Waals surface area contributed by atoms with E-state index in [-0.39, 0.29) is 5.69 Å². The third-order valence-corrected chi connectivity index (χ3v) is 4.66. The van der Waals surface area contributed by atoms with Crippen LogP contribution in [0.4, 0.5) is 11.4 Å². The Morgan fingerprint density at radius 1 is 1.47 bits per heavy atom. The van der Waals surface area contributed by atoms with Crippen molar-refractivity contribution in [1.82, 2.24) is 0 Å². The van der Waals surface area contributed by atoms with Crippen LogP contribution in [-0.4, -0.2) is 37.5 Å². The maximum absolute atomic E-state index is 11.3. The summed E-state index contributed by atoms with van der Waals surface area (Å²) in [4.78, 5) is 24.2. The Hall–Kier alpha value is -1.38. The molecular weight excluding hydrogens is 288 g/mol. The molecule has 102 valence electrons. The highest BCUT2D eigenvalue weighted by atomic mass is 32.2. The summed E-state index contributed by atoms with van der Waals surface area (Å²) < 4.78 is 5.72. The Morgan fingerprint density at radius 3 is 2.68 bits per heavy atom. The number of rotatable bonds is 5. The van der Waals surface area contributed by atoms with Gasteiger partial charge in [-0.15, -0.1) is 11.3 Å². The van der Waals surface area contributed by atoms with Crippen LogP contribution in [0.1, 0.15) is 9.67 Å². The maximum Gasteiger partial charge on any atom is 0.317 e. The van der Waals surface area contributed by atoms with Gasteiger partial charge >= 0.3 is 5.69 Å². The smallest absolute Gasteiger partial charge is 0.317 e. The molecule has 19 heavy (non-hydrogen) atoms. The Labute approximate surface area is 118 Å². The van der Waals surface area contributed by atoms with E-state index in [1.807, 2.05) is 4.90 Å². The van der Waals surface area contributed by atoms with Gasteiger partial charge in [0.15, 0.2) is 6.29 Å². The lowest BCUT2D eigenvalue weighted by Crippen LogP contribution is -2.36. The molecule has 1 fully saturated rings. The molecule has 0 aliphatic carbocycles. The molecule has 0 spiro atoms. The van der Waals surface area contributed by atoms with Crippen molar-refractivity contribution >= 4 is 40.8 Å². The third-order valence-electron chi connectivity index (χ3n) is 2.66. The van der Waals surface area contributed by atoms with Gasteiger partial charge in [0, 0.05) is 13.1 Å². The minimum Gasteiger partial charge on any atom is -0.378 e. The summed E-state index contributed by atoms with van der Waals surface area (Å²) in [6, 6.07) is 0. The molecule has 2 rings (SSSR count). The van der Waals surface area contributed by atoms with Crippen LogP contribution in [0, 0.1) is 10.1 Å². The molecule has 6 nitrogen and oxygen atoms in total. The van der Waals surface area contributed by atoms with Crippen LogP contribution in [0.2, 0.25) is 0 Å². The molecule has 1 aromatic rings. The molecule has 8 heteroatoms. The highest BCUT2D eigenvalue weighted by Crippen LogP contribution is 2.46. The lowest BCUT2D eigenvalue weighted by molar-refractivity contribution is -0.386. The van der Waals surface area contributed by atoms with Crippen molar-refractivity contribution in [3.05, 3.63) is 27.0 Å². The minimum absolute atomic E-state index is 0.00102. The first-order chi connectivity index (χ1) is 9.19. The molecule has 1 aliphatic rings. The molecular formula is C11H12N2O4S2. The molecule has 1 aromatic heterocycles. The van der Waals surface area contributed by atoms with Crippen molar-refractivity contribution in [3.63, 3.8) is 0 Å². The van der Waals surface area contributed by atoms with Gasteiger partial charge in [0.1, 0.15) is 9.90 Å². The Bertz CT molecular complexity index is 509. The van der Waals surface area contributed by atoms with Gasteiger partial charge in [-0.1, -0.05) is 18.3 Å². The van der Waals surface area contributed by atoms with Crippen LogP contribution < -0.4 is 4.90 Å². The number of ether oxygens (including phenoxy) is 1. The summed E-state index contributed by atoms with van der Waals surface area (Å²) in [7, 11) is 0. The van der Waals surface area contributed by atoms with Gasteiger partial charge in [0.05, 0.1) is 23.0 Å². The van der Waals surface area contributed by atoms with E-state index in [2.05, 4.69) is 6.58 Å². The van der Waals surface area contributed by atoms with Crippen LogP contribution in [-0.2, 0) is 4.74 Å². The van der Waals surface area contributed by atoms with Crippen molar-refractivity contribution in [1.29, 1.82) is 0 Å². The van der Waals surface area contributed by atoms with Crippen molar-refractivity contribution in [3.8, 4) is 0 Å². The zero-order valence-electron chi connectivity index (χ0n) is 10.0. The molecule has 2 heterocycles. The summed E-state index contributed by atoms with van der Waals surface area (Å²) in [6.07, 6.45) is 0.676. The number of aldehydes is 1. The molecule has 0 unspecified atom stereocenters. The zero-order valence-corrected chi connectivity index (χ0v) is 11.7. The van der Waals surface area contributed by atoms with E-state index < -0.39 is 4.92 Å². The number of thioether (sulfide) groups is 1. The van der Waals surface area contributed by atoms with Crippen molar-refractivity contribution in [2.45, 2.75) is 4.21 Å². The monoisotopic (exact) mass is 300 g/mol. The standard InChI is InChI=1S/C11H12N2O4S2/c1-2-18-11-10(13(15)16)9(8(7-14)19-11)12-3-5-17-6-4-12/h2,7H,1,3-6H2. The first kappa shape index (κ1) is 14.0. The molecule has 0 aromatic carbocycles. The second kappa shape index (κ2) is 6.18. The summed E-state index contributed by atoms with van der Waals surface area (Å²) in [6.45, 7) is 5.68. The Morgan fingerprint density at radius 2 is 2.16 bits per heavy atom. The Balaban J connectivity index is 2.51. The van der Waals surface area contributed by atoms with Gasteiger partial charge in [-0.3, -0.25) is 14.9 Å². The quantitative estimate of drug-likeness (QED) is 0.360. The number of nitrogens with zero attached hydrogens (tertiary/aromatic N) is 2. The van der Waals surface area contributed by atoms with Crippen molar-refractivity contribution in [2.24, 2.45) is 0 Å². The van der Waals surface area contributed by atoms with Gasteiger partial charge in [0.25, 0.3) is 0 Å². The third kappa shape index (κ3) is 2.80. The Kier molecular flexibility index (Phi) is 4.56. The van der Waals surface area contributed by atoms with E-state index in [0.717, 1.165) is 11.3 Å². The SMILES string of the molecule is C=CSc1sc(C=O)c(N2CCOCC2)c1[N+](=O)[O-]. The lowest BCUT2D eigenvalue weighted by atomic mass is 10.3. The van der Waals surface area contributed by atoms with Gasteiger partial charge in [-0.05, 0) is 5.41 Å². The average Bonchev–Trinajstić information content (AvgIpc) is 2.79. The first-order valence-corrected chi connectivity index (χ1v) is 7.25. The zero-order chi connectivity index (χ0) is 13.8. The number of hydrogen-bond acceptors (Lipinski definition) is 7. The normalized spacial score (nSPS) is 15.3. The summed E-state index contributed by atoms with van der Waals surface area (Å²) in [5, 5.41) is 12.8. The second-order valence-corrected chi connectivity index (χ2v) is 6.00. The van der Waals surface area contributed by atoms with E-state index in [9.17, 15) is 14.9 Å². The average molecular weight is 300 g/mol. The maximum atomic E-state index is 11.3. The molecule has 1 saturated heterocycles. The molecule has 0 saturated carbocycles. The minimum atomic E-state index is -0.430. The van der Waals surface area contributed by atoms with Gasteiger partial charge < -0.3 is 9.64 Å². The fourth-order valence-electron chi connectivity index (χ4n) is 1.90. The van der Waals surface area contributed by atoms with E-state index >= 15 is 0 Å². The van der Waals surface area contributed by atoms with Crippen LogP contribution in [0.3, 0.4) is 0 Å². The highest BCUT2D eigenvalue weighted by molar-refractivity contribution is 8.04. The molecule has 0 bridgehead atoms. The van der Waals surface area contributed by atoms with E-state index in [0.29, 0.717) is 47.4 Å². The topological polar surface area (TPSA) is 72.7 Å². The number of thiophene rings is 1. The fraction of sp³-hybridized carbons (Fsp3) is 0.364. The largest absolute Gasteiger partial charge is 0.378 e. The predicted molar refractivity (Wildman–Crippen MR) is 75.4 cm³/mol. The number of anilines is 1. The highest BCUT2D eigenvalue weighted by Gasteiger charge is 2.31. The van der Waals surface area contributed by atoms with Crippen LogP contribution in [0.25, 0.3) is 0 Å². The molecule has 0 radical (unpaired) electrons. The van der Waals surface area contributed by atoms with Gasteiger partial charge in [-0.25, -0.2) is 0 Å². The molecule has 1 aliphatic heterocycles. The van der Waals surface area contributed by atoms with Gasteiger partial charge in [-0.2, -0.15) is 0 Å². The first-order valence-electron chi connectivity index (χ1n) is 5.55. The van der Waals surface area contributed by atoms with Crippen LogP contribution >= 0.6 is 23.1 Å². The molecule has 0 atom stereocenters. The number of nitro groups is 1. The number of morpholine rings is 1. The number of carbonyl (C=O) groups is 1. The lowest BCUT2D eigenvalue weighted by Gasteiger charge is -2.27. The van der Waals surface area contributed by atoms with Crippen molar-refractivity contribution in [2.75, 3.05) is 31.2 Å². The number of carbonyl (C=O) groups excluding carboxylic acids is 1. The summed E-state index contributed by atoms with van der Waals surface area (Å²) >= 11 is 2.30. The second-order valence-electron chi connectivity index (χ2n) is 3.71. The van der Waals surface area contributed by atoms with Crippen LogP contribution in [0.15, 0.2) is 16.2 Å². The summed E-state index contributed by atoms with van der Waals surface area (Å²) in [5.74, 6) is 0. The van der Waals surface area contributed by atoms with E-state index in [1.165, 1.54) is 17.2 Å².